The van der Waals surface area contributed by atoms with Crippen LogP contribution >= 0.6 is 0 Å². The lowest BCUT2D eigenvalue weighted by atomic mass is 10.0. The van der Waals surface area contributed by atoms with Gasteiger partial charge >= 0.3 is 5.69 Å². The third kappa shape index (κ3) is 6.49. The number of nitriles is 1. The van der Waals surface area contributed by atoms with Gasteiger partial charge in [-0.2, -0.15) is 5.26 Å². The van der Waals surface area contributed by atoms with Gasteiger partial charge < -0.3 is 25.4 Å². The molecule has 1 atom stereocenters. The number of hydrogen-bond acceptors (Lipinski definition) is 9. The minimum Gasteiger partial charge on any atom is -0.457 e. The van der Waals surface area contributed by atoms with Crippen molar-refractivity contribution < 1.29 is 14.3 Å². The van der Waals surface area contributed by atoms with Crippen molar-refractivity contribution in [2.24, 2.45) is 0 Å². The first kappa shape index (κ1) is 30.5. The van der Waals surface area contributed by atoms with Crippen LogP contribution in [0.2, 0.25) is 0 Å². The molecule has 3 heterocycles. The average Bonchev–Trinajstić information content (AvgIpc) is 3.60. The molecule has 12 nitrogen and oxygen atoms in total. The number of anilines is 1. The van der Waals surface area contributed by atoms with Gasteiger partial charge in [0.25, 0.3) is 5.91 Å². The molecule has 0 radical (unpaired) electrons. The summed E-state index contributed by atoms with van der Waals surface area (Å²) < 4.78 is 14.0. The third-order valence-corrected chi connectivity index (χ3v) is 7.58. The summed E-state index contributed by atoms with van der Waals surface area (Å²) >= 11 is 0. The number of benzene rings is 2. The molecule has 3 N–H and O–H groups in total. The fourth-order valence-corrected chi connectivity index (χ4v) is 5.48. The van der Waals surface area contributed by atoms with E-state index in [0.717, 1.165) is 6.42 Å². The van der Waals surface area contributed by atoms with Gasteiger partial charge in [-0.25, -0.2) is 14.8 Å². The summed E-state index contributed by atoms with van der Waals surface area (Å²) in [5.41, 5.74) is 6.68. The monoisotopic (exact) mass is 596 g/mol. The summed E-state index contributed by atoms with van der Waals surface area (Å²) in [4.78, 5) is 37.8. The molecule has 0 bridgehead atoms. The number of para-hydroxylation sites is 1. The summed E-state index contributed by atoms with van der Waals surface area (Å²) in [6, 6.07) is 18.3. The number of methoxy groups -OCH3 is 1. The van der Waals surface area contributed by atoms with Crippen LogP contribution in [0.3, 0.4) is 0 Å². The first-order chi connectivity index (χ1) is 21.2. The number of amides is 1. The van der Waals surface area contributed by atoms with E-state index in [4.69, 9.17) is 15.2 Å². The first-order valence-electron chi connectivity index (χ1n) is 14.5. The molecule has 1 fully saturated rings. The topological polar surface area (TPSA) is 153 Å². The Kier molecular flexibility index (Phi) is 9.08. The van der Waals surface area contributed by atoms with Gasteiger partial charge in [0.1, 0.15) is 35.0 Å². The second-order valence-electron chi connectivity index (χ2n) is 11.2. The SMILES string of the molecule is COCCNC(C)(C)C=C(C#N)C(=O)N1CCCC1Cn1c(=O)n(-c2ccc(Oc3ccccc3)cc2)c2c(N)ncnc21. The van der Waals surface area contributed by atoms with Crippen LogP contribution in [0.15, 0.2) is 77.4 Å². The van der Waals surface area contributed by atoms with E-state index in [-0.39, 0.29) is 35.6 Å². The van der Waals surface area contributed by atoms with Gasteiger partial charge in [-0.3, -0.25) is 13.9 Å². The predicted octanol–water partition coefficient (Wildman–Crippen LogP) is 3.41. The van der Waals surface area contributed by atoms with Crippen LogP contribution in [0.4, 0.5) is 5.82 Å². The molecule has 5 rings (SSSR count). The van der Waals surface area contributed by atoms with Crippen molar-refractivity contribution in [3.8, 4) is 23.3 Å². The number of nitrogens with two attached hydrogens (primary N) is 1. The maximum absolute atomic E-state index is 14.0. The molecule has 1 aliphatic heterocycles. The Hall–Kier alpha value is -4.99. The summed E-state index contributed by atoms with van der Waals surface area (Å²) in [5.74, 6) is 1.10. The lowest BCUT2D eigenvalue weighted by Crippen LogP contribution is -2.43. The van der Waals surface area contributed by atoms with Crippen molar-refractivity contribution in [2.75, 3.05) is 32.5 Å². The second kappa shape index (κ2) is 13.1. The zero-order chi connectivity index (χ0) is 31.3. The van der Waals surface area contributed by atoms with Gasteiger partial charge in [-0.1, -0.05) is 18.2 Å². The molecule has 1 saturated heterocycles. The number of carbonyl (C=O) groups is 1. The van der Waals surface area contributed by atoms with E-state index in [1.807, 2.05) is 44.2 Å². The van der Waals surface area contributed by atoms with E-state index in [0.29, 0.717) is 54.5 Å². The Morgan fingerprint density at radius 2 is 1.89 bits per heavy atom. The lowest BCUT2D eigenvalue weighted by Gasteiger charge is -2.27. The molecular formula is C32H36N8O4. The number of ether oxygens (including phenoxy) is 2. The molecule has 12 heteroatoms. The molecule has 1 amide bonds. The van der Waals surface area contributed by atoms with Crippen LogP contribution in [0, 0.1) is 11.3 Å². The Morgan fingerprint density at radius 1 is 1.16 bits per heavy atom. The number of fused-ring (bicyclic) bond motifs is 1. The van der Waals surface area contributed by atoms with Crippen molar-refractivity contribution >= 4 is 22.9 Å². The highest BCUT2D eigenvalue weighted by Gasteiger charge is 2.33. The number of carbonyl (C=O) groups excluding carboxylic acids is 1. The number of nitrogens with one attached hydrogen (secondary N) is 1. The zero-order valence-electron chi connectivity index (χ0n) is 25.1. The normalized spacial score (nSPS) is 15.5. The lowest BCUT2D eigenvalue weighted by molar-refractivity contribution is -0.127. The fourth-order valence-electron chi connectivity index (χ4n) is 5.48. The van der Waals surface area contributed by atoms with Gasteiger partial charge in [-0.05, 0) is 69.2 Å². The molecule has 0 spiro atoms. The highest BCUT2D eigenvalue weighted by atomic mass is 16.5. The van der Waals surface area contributed by atoms with Crippen molar-refractivity contribution in [3.05, 3.63) is 83.1 Å². The molecule has 1 unspecified atom stereocenters. The molecule has 0 aliphatic carbocycles. The minimum absolute atomic E-state index is 0.0472. The molecular weight excluding hydrogens is 560 g/mol. The van der Waals surface area contributed by atoms with Crippen molar-refractivity contribution in [1.82, 2.24) is 29.3 Å². The predicted molar refractivity (Wildman–Crippen MR) is 166 cm³/mol. The van der Waals surface area contributed by atoms with Crippen LogP contribution in [0.5, 0.6) is 11.5 Å². The van der Waals surface area contributed by atoms with Gasteiger partial charge in [0.15, 0.2) is 11.5 Å². The summed E-state index contributed by atoms with van der Waals surface area (Å²) in [7, 11) is 1.61. The molecule has 2 aromatic carbocycles. The molecule has 0 saturated carbocycles. The Balaban J connectivity index is 1.43. The van der Waals surface area contributed by atoms with Crippen LogP contribution in [0.1, 0.15) is 26.7 Å². The number of nitrogens with zero attached hydrogens (tertiary/aromatic N) is 6. The van der Waals surface area contributed by atoms with E-state index < -0.39 is 5.54 Å². The highest BCUT2D eigenvalue weighted by Crippen LogP contribution is 2.27. The number of aromatic nitrogens is 4. The molecule has 1 aliphatic rings. The molecule has 44 heavy (non-hydrogen) atoms. The van der Waals surface area contributed by atoms with Crippen molar-refractivity contribution in [1.29, 1.82) is 5.26 Å². The molecule has 228 valence electrons. The van der Waals surface area contributed by atoms with Crippen LogP contribution in [-0.4, -0.2) is 68.3 Å². The smallest absolute Gasteiger partial charge is 0.335 e. The second-order valence-corrected chi connectivity index (χ2v) is 11.2. The van der Waals surface area contributed by atoms with E-state index in [1.54, 1.807) is 42.4 Å². The number of imidazole rings is 1. The number of hydrogen-bond donors (Lipinski definition) is 2. The maximum Gasteiger partial charge on any atom is 0.335 e. The summed E-state index contributed by atoms with van der Waals surface area (Å²) in [6.45, 7) is 5.53. The number of likely N-dealkylation sites (tertiary alicyclic amines) is 1. The largest absolute Gasteiger partial charge is 0.457 e. The third-order valence-electron chi connectivity index (χ3n) is 7.58. The Labute approximate surface area is 255 Å². The summed E-state index contributed by atoms with van der Waals surface area (Å²) in [5, 5.41) is 13.2. The van der Waals surface area contributed by atoms with Crippen LogP contribution in [-0.2, 0) is 16.1 Å². The number of nitrogen functional groups attached to an aromatic ring is 1. The van der Waals surface area contributed by atoms with E-state index in [9.17, 15) is 14.9 Å². The molecule has 4 aromatic rings. The van der Waals surface area contributed by atoms with Gasteiger partial charge in [0.2, 0.25) is 0 Å². The number of rotatable bonds is 11. The molecule has 2 aromatic heterocycles. The van der Waals surface area contributed by atoms with Crippen molar-refractivity contribution in [3.63, 3.8) is 0 Å². The van der Waals surface area contributed by atoms with E-state index >= 15 is 0 Å². The quantitative estimate of drug-likeness (QED) is 0.151. The highest BCUT2D eigenvalue weighted by molar-refractivity contribution is 5.97. The Bertz CT molecular complexity index is 1750. The summed E-state index contributed by atoms with van der Waals surface area (Å²) in [6.07, 6.45) is 4.39. The van der Waals surface area contributed by atoms with Gasteiger partial charge in [-0.15, -0.1) is 0 Å². The Morgan fingerprint density at radius 3 is 2.59 bits per heavy atom. The maximum atomic E-state index is 14.0. The van der Waals surface area contributed by atoms with Crippen LogP contribution < -0.4 is 21.5 Å². The zero-order valence-corrected chi connectivity index (χ0v) is 25.1. The van der Waals surface area contributed by atoms with Gasteiger partial charge in [0.05, 0.1) is 18.3 Å². The van der Waals surface area contributed by atoms with Crippen molar-refractivity contribution in [2.45, 2.75) is 44.8 Å². The minimum atomic E-state index is -0.602. The standard InChI is InChI=1S/C32H36N8O4/c1-32(2,37-15-17-43-3)18-22(19-33)30(41)38-16-7-8-24(38)20-39-29-27(28(34)35-21-36-29)40(31(39)42)23-11-13-26(14-12-23)44-25-9-5-4-6-10-25/h4-6,9-14,18,21,24,37H,7-8,15-17,20H2,1-3H3,(H2,34,35,36). The van der Waals surface area contributed by atoms with E-state index in [2.05, 4.69) is 21.4 Å². The van der Waals surface area contributed by atoms with E-state index in [1.165, 1.54) is 15.5 Å². The average molecular weight is 597 g/mol. The van der Waals surface area contributed by atoms with Gasteiger partial charge in [0, 0.05) is 32.3 Å². The fraction of sp³-hybridized carbons (Fsp3) is 0.344. The van der Waals surface area contributed by atoms with Crippen LogP contribution in [0.25, 0.3) is 16.9 Å². The first-order valence-corrected chi connectivity index (χ1v) is 14.5.